The fourth-order valence-corrected chi connectivity index (χ4v) is 2.81. The number of carbonyl (C=O) groups excluding carboxylic acids is 1. The van der Waals surface area contributed by atoms with Crippen molar-refractivity contribution in [2.45, 2.75) is 0 Å². The molecule has 0 aliphatic carbocycles. The molecule has 0 aliphatic heterocycles. The molecule has 0 spiro atoms. The first kappa shape index (κ1) is 18.3. The number of fused-ring (bicyclic) bond motifs is 1. The molecule has 0 atom stereocenters. The van der Waals surface area contributed by atoms with Gasteiger partial charge < -0.3 is 15.2 Å². The molecule has 7 heteroatoms. The zero-order valence-corrected chi connectivity index (χ0v) is 15.2. The second-order valence-electron chi connectivity index (χ2n) is 5.69. The van der Waals surface area contributed by atoms with Gasteiger partial charge in [0.15, 0.2) is 5.11 Å². The van der Waals surface area contributed by atoms with Gasteiger partial charge in [-0.3, -0.25) is 10.1 Å². The molecule has 0 heterocycles. The van der Waals surface area contributed by atoms with Crippen LogP contribution in [0.2, 0.25) is 0 Å². The van der Waals surface area contributed by atoms with Crippen molar-refractivity contribution in [1.29, 1.82) is 0 Å². The highest BCUT2D eigenvalue weighted by atomic mass is 32.1. The number of aromatic carboxylic acids is 1. The van der Waals surface area contributed by atoms with E-state index in [1.807, 2.05) is 24.3 Å². The summed E-state index contributed by atoms with van der Waals surface area (Å²) in [6.45, 7) is 0. The van der Waals surface area contributed by atoms with Gasteiger partial charge in [0.25, 0.3) is 5.91 Å². The van der Waals surface area contributed by atoms with E-state index in [-0.39, 0.29) is 10.7 Å². The molecule has 0 aromatic heterocycles. The Bertz CT molecular complexity index is 1030. The van der Waals surface area contributed by atoms with E-state index in [1.165, 1.54) is 19.2 Å². The van der Waals surface area contributed by atoms with Crippen LogP contribution in [0.25, 0.3) is 10.8 Å². The normalized spacial score (nSPS) is 10.3. The van der Waals surface area contributed by atoms with Crippen LogP contribution in [-0.4, -0.2) is 29.2 Å². The molecule has 27 heavy (non-hydrogen) atoms. The van der Waals surface area contributed by atoms with Gasteiger partial charge in [0, 0.05) is 5.69 Å². The number of carboxylic acids is 1. The zero-order chi connectivity index (χ0) is 19.4. The van der Waals surface area contributed by atoms with E-state index in [2.05, 4.69) is 10.6 Å². The second kappa shape index (κ2) is 7.84. The molecule has 6 nitrogen and oxygen atoms in total. The summed E-state index contributed by atoms with van der Waals surface area (Å²) in [7, 11) is 1.50. The van der Waals surface area contributed by atoms with Gasteiger partial charge in [0.2, 0.25) is 0 Å². The van der Waals surface area contributed by atoms with Crippen LogP contribution in [0, 0.1) is 0 Å². The Hall–Kier alpha value is -3.45. The molecule has 0 saturated heterocycles. The molecule has 136 valence electrons. The van der Waals surface area contributed by atoms with Crippen molar-refractivity contribution >= 4 is 45.7 Å². The Morgan fingerprint density at radius 2 is 1.63 bits per heavy atom. The van der Waals surface area contributed by atoms with Crippen molar-refractivity contribution in [3.05, 3.63) is 71.8 Å². The van der Waals surface area contributed by atoms with E-state index in [0.29, 0.717) is 17.0 Å². The summed E-state index contributed by atoms with van der Waals surface area (Å²) < 4.78 is 5.33. The number of hydrogen-bond acceptors (Lipinski definition) is 4. The highest BCUT2D eigenvalue weighted by Gasteiger charge is 2.15. The van der Waals surface area contributed by atoms with Crippen molar-refractivity contribution in [2.24, 2.45) is 0 Å². The number of carboxylic acid groups (broad SMARTS) is 1. The average Bonchev–Trinajstić information content (AvgIpc) is 2.67. The monoisotopic (exact) mass is 380 g/mol. The van der Waals surface area contributed by atoms with Crippen molar-refractivity contribution in [3.8, 4) is 5.75 Å². The highest BCUT2D eigenvalue weighted by molar-refractivity contribution is 7.80. The minimum Gasteiger partial charge on any atom is -0.496 e. The van der Waals surface area contributed by atoms with Crippen molar-refractivity contribution < 1.29 is 19.4 Å². The second-order valence-corrected chi connectivity index (χ2v) is 6.10. The Morgan fingerprint density at radius 1 is 1.00 bits per heavy atom. The number of methoxy groups -OCH3 is 1. The van der Waals surface area contributed by atoms with Crippen LogP contribution >= 0.6 is 12.2 Å². The van der Waals surface area contributed by atoms with Crippen LogP contribution in [0.15, 0.2) is 60.7 Å². The fraction of sp³-hybridized carbons (Fsp3) is 0.0500. The van der Waals surface area contributed by atoms with Gasteiger partial charge in [-0.1, -0.05) is 24.3 Å². The first-order valence-corrected chi connectivity index (χ1v) is 8.41. The van der Waals surface area contributed by atoms with Gasteiger partial charge in [-0.2, -0.15) is 0 Å². The van der Waals surface area contributed by atoms with E-state index in [9.17, 15) is 9.59 Å². The number of carbonyl (C=O) groups is 2. The average molecular weight is 380 g/mol. The van der Waals surface area contributed by atoms with E-state index in [1.54, 1.807) is 24.3 Å². The van der Waals surface area contributed by atoms with Crippen LogP contribution in [0.3, 0.4) is 0 Å². The number of hydrogen-bond donors (Lipinski definition) is 3. The molecular formula is C20H16N2O4S. The summed E-state index contributed by atoms with van der Waals surface area (Å²) in [5.41, 5.74) is 1.09. The summed E-state index contributed by atoms with van der Waals surface area (Å²) in [4.78, 5) is 23.5. The first-order chi connectivity index (χ1) is 13.0. The summed E-state index contributed by atoms with van der Waals surface area (Å²) >= 11 is 5.17. The van der Waals surface area contributed by atoms with E-state index in [0.717, 1.165) is 10.8 Å². The number of nitrogens with one attached hydrogen (secondary N) is 2. The van der Waals surface area contributed by atoms with E-state index in [4.69, 9.17) is 22.1 Å². The highest BCUT2D eigenvalue weighted by Crippen LogP contribution is 2.25. The van der Waals surface area contributed by atoms with Crippen LogP contribution in [-0.2, 0) is 0 Å². The van der Waals surface area contributed by atoms with Gasteiger partial charge in [0.05, 0.1) is 18.2 Å². The van der Waals surface area contributed by atoms with Crippen LogP contribution in [0.5, 0.6) is 5.75 Å². The van der Waals surface area contributed by atoms with Gasteiger partial charge in [-0.15, -0.1) is 0 Å². The Labute approximate surface area is 160 Å². The SMILES string of the molecule is COc1cc2ccccc2cc1C(=O)NC(=S)Nc1ccc(C(=O)O)cc1. The maximum atomic E-state index is 12.6. The lowest BCUT2D eigenvalue weighted by atomic mass is 10.1. The van der Waals surface area contributed by atoms with Gasteiger partial charge in [0.1, 0.15) is 5.75 Å². The smallest absolute Gasteiger partial charge is 0.335 e. The first-order valence-electron chi connectivity index (χ1n) is 8.00. The molecule has 0 unspecified atom stereocenters. The van der Waals surface area contributed by atoms with E-state index >= 15 is 0 Å². The summed E-state index contributed by atoms with van der Waals surface area (Å²) in [5, 5.41) is 16.3. The summed E-state index contributed by atoms with van der Waals surface area (Å²) in [5.74, 6) is -0.974. The predicted molar refractivity (Wildman–Crippen MR) is 108 cm³/mol. The number of amides is 1. The largest absolute Gasteiger partial charge is 0.496 e. The molecule has 3 rings (SSSR count). The minimum absolute atomic E-state index is 0.0956. The Balaban J connectivity index is 1.75. The molecule has 0 bridgehead atoms. The molecule has 3 aromatic rings. The summed E-state index contributed by atoms with van der Waals surface area (Å²) in [6.07, 6.45) is 0. The Kier molecular flexibility index (Phi) is 5.33. The molecule has 0 saturated carbocycles. The van der Waals surface area contributed by atoms with Crippen LogP contribution in [0.1, 0.15) is 20.7 Å². The van der Waals surface area contributed by atoms with Crippen LogP contribution in [0.4, 0.5) is 5.69 Å². The van der Waals surface area contributed by atoms with Gasteiger partial charge in [-0.05, 0) is 59.4 Å². The molecule has 0 radical (unpaired) electrons. The number of ether oxygens (including phenoxy) is 1. The molecule has 3 N–H and O–H groups in total. The van der Waals surface area contributed by atoms with Crippen molar-refractivity contribution in [2.75, 3.05) is 12.4 Å². The molecule has 0 fully saturated rings. The van der Waals surface area contributed by atoms with Gasteiger partial charge >= 0.3 is 5.97 Å². The Morgan fingerprint density at radius 3 is 2.22 bits per heavy atom. The van der Waals surface area contributed by atoms with E-state index < -0.39 is 11.9 Å². The lowest BCUT2D eigenvalue weighted by Crippen LogP contribution is -2.34. The maximum absolute atomic E-state index is 12.6. The van der Waals surface area contributed by atoms with Gasteiger partial charge in [-0.25, -0.2) is 4.79 Å². The lowest BCUT2D eigenvalue weighted by Gasteiger charge is -2.13. The number of rotatable bonds is 4. The summed E-state index contributed by atoms with van der Waals surface area (Å²) in [6, 6.07) is 17.2. The van der Waals surface area contributed by atoms with Crippen LogP contribution < -0.4 is 15.4 Å². The molecular weight excluding hydrogens is 364 g/mol. The third kappa shape index (κ3) is 4.21. The van der Waals surface area contributed by atoms with Crippen molar-refractivity contribution in [1.82, 2.24) is 5.32 Å². The fourth-order valence-electron chi connectivity index (χ4n) is 2.59. The standard InChI is InChI=1S/C20H16N2O4S/c1-26-17-11-14-5-3-2-4-13(14)10-16(17)18(23)22-20(27)21-15-8-6-12(7-9-15)19(24)25/h2-11H,1H3,(H,24,25)(H2,21,22,23,27). The number of anilines is 1. The maximum Gasteiger partial charge on any atom is 0.335 e. The molecule has 0 aliphatic rings. The quantitative estimate of drug-likeness (QED) is 0.599. The minimum atomic E-state index is -1.01. The third-order valence-electron chi connectivity index (χ3n) is 3.93. The van der Waals surface area contributed by atoms with Crippen molar-refractivity contribution in [3.63, 3.8) is 0 Å². The number of benzene rings is 3. The zero-order valence-electron chi connectivity index (χ0n) is 14.4. The molecule has 3 aromatic carbocycles. The predicted octanol–water partition coefficient (Wildman–Crippen LogP) is 3.67. The third-order valence-corrected chi connectivity index (χ3v) is 4.13. The lowest BCUT2D eigenvalue weighted by molar-refractivity contribution is 0.0696. The topological polar surface area (TPSA) is 87.7 Å². The molecule has 1 amide bonds. The number of thiocarbonyl (C=S) groups is 1.